The third-order valence-corrected chi connectivity index (χ3v) is 4.94. The van der Waals surface area contributed by atoms with Crippen molar-refractivity contribution < 1.29 is 14.3 Å². The molecule has 3 rings (SSSR count). The fourth-order valence-electron chi connectivity index (χ4n) is 3.28. The van der Waals surface area contributed by atoms with Crippen molar-refractivity contribution in [2.45, 2.75) is 51.9 Å². The number of anilines is 2. The van der Waals surface area contributed by atoms with E-state index in [2.05, 4.69) is 16.0 Å². The average molecular weight is 448 g/mol. The van der Waals surface area contributed by atoms with Gasteiger partial charge in [0.15, 0.2) is 5.11 Å². The van der Waals surface area contributed by atoms with E-state index in [-0.39, 0.29) is 17.7 Å². The SMILES string of the molecule is CC(C)OC(=O)Nc1ccc2c(c1)C(NC(=S)Nc1ccc(Cl)cc1)CC(C)(C)O2. The molecule has 1 heterocycles. The molecule has 3 N–H and O–H groups in total. The average Bonchev–Trinajstić information content (AvgIpc) is 2.62. The van der Waals surface area contributed by atoms with Gasteiger partial charge >= 0.3 is 6.09 Å². The van der Waals surface area contributed by atoms with Crippen molar-refractivity contribution in [1.29, 1.82) is 0 Å². The molecular formula is C22H26ClN3O3S. The summed E-state index contributed by atoms with van der Waals surface area (Å²) in [5, 5.41) is 10.5. The van der Waals surface area contributed by atoms with Gasteiger partial charge in [-0.15, -0.1) is 0 Å². The van der Waals surface area contributed by atoms with Crippen molar-refractivity contribution in [3.63, 3.8) is 0 Å². The molecule has 30 heavy (non-hydrogen) atoms. The van der Waals surface area contributed by atoms with Crippen molar-refractivity contribution in [2.24, 2.45) is 0 Å². The lowest BCUT2D eigenvalue weighted by molar-refractivity contribution is 0.0697. The van der Waals surface area contributed by atoms with Gasteiger partial charge in [-0.3, -0.25) is 5.32 Å². The molecule has 2 aromatic carbocycles. The molecule has 0 saturated carbocycles. The van der Waals surface area contributed by atoms with Crippen LogP contribution in [-0.2, 0) is 4.74 Å². The second-order valence-corrected chi connectivity index (χ2v) is 8.90. The standard InChI is InChI=1S/C22H26ClN3O3S/c1-13(2)28-21(27)25-16-9-10-19-17(11-16)18(12-22(3,4)29-19)26-20(30)24-15-7-5-14(23)6-8-15/h5-11,13,18H,12H2,1-4H3,(H,25,27)(H2,24,26,30). The highest BCUT2D eigenvalue weighted by Gasteiger charge is 2.34. The highest BCUT2D eigenvalue weighted by molar-refractivity contribution is 7.80. The molecule has 1 unspecified atom stereocenters. The van der Waals surface area contributed by atoms with Gasteiger partial charge in [0.1, 0.15) is 11.4 Å². The second kappa shape index (κ2) is 9.10. The number of benzene rings is 2. The van der Waals surface area contributed by atoms with E-state index < -0.39 is 6.09 Å². The number of rotatable bonds is 4. The summed E-state index contributed by atoms with van der Waals surface area (Å²) in [6.07, 6.45) is 0.00596. The topological polar surface area (TPSA) is 71.6 Å². The fraction of sp³-hybridized carbons (Fsp3) is 0.364. The van der Waals surface area contributed by atoms with Crippen molar-refractivity contribution in [3.8, 4) is 5.75 Å². The molecule has 1 aliphatic rings. The minimum atomic E-state index is -0.494. The van der Waals surface area contributed by atoms with E-state index in [9.17, 15) is 4.79 Å². The molecule has 0 bridgehead atoms. The molecule has 0 saturated heterocycles. The van der Waals surface area contributed by atoms with Crippen LogP contribution in [0.25, 0.3) is 0 Å². The Morgan fingerprint density at radius 2 is 1.83 bits per heavy atom. The summed E-state index contributed by atoms with van der Waals surface area (Å²) in [6, 6.07) is 12.8. The van der Waals surface area contributed by atoms with Gasteiger partial charge in [0, 0.05) is 28.4 Å². The molecule has 0 radical (unpaired) electrons. The monoisotopic (exact) mass is 447 g/mol. The number of carbonyl (C=O) groups excluding carboxylic acids is 1. The Balaban J connectivity index is 1.77. The third-order valence-electron chi connectivity index (χ3n) is 4.46. The number of ether oxygens (including phenoxy) is 2. The van der Waals surface area contributed by atoms with Crippen LogP contribution in [0.15, 0.2) is 42.5 Å². The zero-order valence-electron chi connectivity index (χ0n) is 17.4. The molecule has 0 fully saturated rings. The number of thiocarbonyl (C=S) groups is 1. The van der Waals surface area contributed by atoms with Gasteiger partial charge in [0.25, 0.3) is 0 Å². The summed E-state index contributed by atoms with van der Waals surface area (Å²) >= 11 is 11.5. The molecule has 0 spiro atoms. The summed E-state index contributed by atoms with van der Waals surface area (Å²) in [7, 11) is 0. The summed E-state index contributed by atoms with van der Waals surface area (Å²) in [5.74, 6) is 0.751. The Bertz CT molecular complexity index is 932. The Kier molecular flexibility index (Phi) is 6.73. The Morgan fingerprint density at radius 1 is 1.17 bits per heavy atom. The number of amides is 1. The van der Waals surface area contributed by atoms with Gasteiger partial charge in [-0.2, -0.15) is 0 Å². The fourth-order valence-corrected chi connectivity index (χ4v) is 3.67. The molecule has 1 aliphatic heterocycles. The van der Waals surface area contributed by atoms with Gasteiger partial charge in [0.05, 0.1) is 12.1 Å². The van der Waals surface area contributed by atoms with E-state index in [1.807, 2.05) is 38.1 Å². The van der Waals surface area contributed by atoms with Crippen LogP contribution in [0.3, 0.4) is 0 Å². The van der Waals surface area contributed by atoms with Crippen LogP contribution in [0.5, 0.6) is 5.75 Å². The second-order valence-electron chi connectivity index (χ2n) is 8.06. The number of nitrogens with one attached hydrogen (secondary N) is 3. The normalized spacial score (nSPS) is 16.8. The van der Waals surface area contributed by atoms with Crippen LogP contribution < -0.4 is 20.7 Å². The zero-order valence-corrected chi connectivity index (χ0v) is 19.0. The van der Waals surface area contributed by atoms with Crippen molar-refractivity contribution in [2.75, 3.05) is 10.6 Å². The number of carbonyl (C=O) groups is 1. The van der Waals surface area contributed by atoms with E-state index in [0.29, 0.717) is 22.2 Å². The van der Waals surface area contributed by atoms with Gasteiger partial charge in [-0.05, 0) is 82.4 Å². The Labute approximate surface area is 187 Å². The van der Waals surface area contributed by atoms with E-state index in [1.54, 1.807) is 32.0 Å². The lowest BCUT2D eigenvalue weighted by Gasteiger charge is -2.38. The van der Waals surface area contributed by atoms with Gasteiger partial charge < -0.3 is 20.1 Å². The quantitative estimate of drug-likeness (QED) is 0.508. The first-order valence-electron chi connectivity index (χ1n) is 9.75. The largest absolute Gasteiger partial charge is 0.487 e. The molecule has 2 aromatic rings. The van der Waals surface area contributed by atoms with Crippen LogP contribution in [0, 0.1) is 0 Å². The number of fused-ring (bicyclic) bond motifs is 1. The Morgan fingerprint density at radius 3 is 2.50 bits per heavy atom. The Hall–Kier alpha value is -2.51. The lowest BCUT2D eigenvalue weighted by Crippen LogP contribution is -2.42. The van der Waals surface area contributed by atoms with Gasteiger partial charge in [-0.25, -0.2) is 4.79 Å². The number of halogens is 1. The molecule has 160 valence electrons. The van der Waals surface area contributed by atoms with Crippen LogP contribution in [0.4, 0.5) is 16.2 Å². The highest BCUT2D eigenvalue weighted by atomic mass is 35.5. The summed E-state index contributed by atoms with van der Waals surface area (Å²) in [4.78, 5) is 12.0. The van der Waals surface area contributed by atoms with E-state index >= 15 is 0 Å². The highest BCUT2D eigenvalue weighted by Crippen LogP contribution is 2.40. The van der Waals surface area contributed by atoms with Crippen molar-refractivity contribution in [3.05, 3.63) is 53.1 Å². The van der Waals surface area contributed by atoms with E-state index in [4.69, 9.17) is 33.3 Å². The summed E-state index contributed by atoms with van der Waals surface area (Å²) < 4.78 is 11.3. The minimum absolute atomic E-state index is 0.0982. The van der Waals surface area contributed by atoms with E-state index in [0.717, 1.165) is 17.0 Å². The number of hydrogen-bond donors (Lipinski definition) is 3. The first-order chi connectivity index (χ1) is 14.1. The molecule has 0 aromatic heterocycles. The molecule has 6 nitrogen and oxygen atoms in total. The minimum Gasteiger partial charge on any atom is -0.487 e. The van der Waals surface area contributed by atoms with Crippen LogP contribution in [-0.4, -0.2) is 22.9 Å². The zero-order chi connectivity index (χ0) is 21.9. The van der Waals surface area contributed by atoms with Gasteiger partial charge in [0.2, 0.25) is 0 Å². The maximum Gasteiger partial charge on any atom is 0.411 e. The first kappa shape index (κ1) is 22.2. The van der Waals surface area contributed by atoms with Crippen LogP contribution in [0.2, 0.25) is 5.02 Å². The molecule has 8 heteroatoms. The van der Waals surface area contributed by atoms with Crippen LogP contribution in [0.1, 0.15) is 45.7 Å². The molecule has 1 amide bonds. The number of hydrogen-bond acceptors (Lipinski definition) is 4. The third kappa shape index (κ3) is 6.00. The maximum atomic E-state index is 12.0. The van der Waals surface area contributed by atoms with Gasteiger partial charge in [-0.1, -0.05) is 11.6 Å². The van der Waals surface area contributed by atoms with Crippen molar-refractivity contribution >= 4 is 46.4 Å². The smallest absolute Gasteiger partial charge is 0.411 e. The predicted octanol–water partition coefficient (Wildman–Crippen LogP) is 5.89. The summed E-state index contributed by atoms with van der Waals surface area (Å²) in [5.41, 5.74) is 2.02. The molecule has 1 atom stereocenters. The van der Waals surface area contributed by atoms with Crippen molar-refractivity contribution in [1.82, 2.24) is 5.32 Å². The predicted molar refractivity (Wildman–Crippen MR) is 125 cm³/mol. The maximum absolute atomic E-state index is 12.0. The molecular weight excluding hydrogens is 422 g/mol. The van der Waals surface area contributed by atoms with E-state index in [1.165, 1.54) is 0 Å². The molecule has 0 aliphatic carbocycles. The summed E-state index contributed by atoms with van der Waals surface area (Å²) in [6.45, 7) is 7.67. The van der Waals surface area contributed by atoms with Crippen LogP contribution >= 0.6 is 23.8 Å². The lowest BCUT2D eigenvalue weighted by atomic mass is 9.89. The first-order valence-corrected chi connectivity index (χ1v) is 10.5.